The number of likely N-dealkylation sites (tertiary alicyclic amines) is 1. The number of amides is 1. The predicted molar refractivity (Wildman–Crippen MR) is 99.6 cm³/mol. The van der Waals surface area contributed by atoms with Gasteiger partial charge in [0.1, 0.15) is 5.82 Å². The third-order valence-electron chi connectivity index (χ3n) is 4.86. The number of nitrogens with one attached hydrogen (secondary N) is 1. The van der Waals surface area contributed by atoms with Crippen molar-refractivity contribution in [2.75, 3.05) is 13.1 Å². The fraction of sp³-hybridized carbons (Fsp3) is 0.350. The van der Waals surface area contributed by atoms with Crippen LogP contribution in [0.4, 0.5) is 10.1 Å². The summed E-state index contributed by atoms with van der Waals surface area (Å²) in [5.74, 6) is -0.299. The first-order valence-electron chi connectivity index (χ1n) is 9.03. The van der Waals surface area contributed by atoms with Gasteiger partial charge in [0.2, 0.25) is 5.91 Å². The van der Waals surface area contributed by atoms with E-state index >= 15 is 0 Å². The van der Waals surface area contributed by atoms with Crippen LogP contribution in [0.1, 0.15) is 24.0 Å². The van der Waals surface area contributed by atoms with Crippen molar-refractivity contribution in [2.24, 2.45) is 0 Å². The third kappa shape index (κ3) is 4.89. The Kier molecular flexibility index (Phi) is 6.13. The second kappa shape index (κ2) is 8.73. The molecule has 1 unspecified atom stereocenters. The van der Waals surface area contributed by atoms with E-state index in [0.717, 1.165) is 24.9 Å². The molecule has 0 saturated carbocycles. The van der Waals surface area contributed by atoms with E-state index in [0.29, 0.717) is 25.1 Å². The molecule has 2 aromatic carbocycles. The van der Waals surface area contributed by atoms with Crippen LogP contribution in [0.5, 0.6) is 0 Å². The van der Waals surface area contributed by atoms with Gasteiger partial charge in [-0.05, 0) is 37.4 Å². The molecule has 3 rings (SSSR count). The van der Waals surface area contributed by atoms with E-state index in [1.165, 1.54) is 18.2 Å². The van der Waals surface area contributed by atoms with Gasteiger partial charge in [-0.15, -0.1) is 0 Å². The number of nitro groups is 1. The summed E-state index contributed by atoms with van der Waals surface area (Å²) in [6.07, 6.45) is 2.27. The maximum Gasteiger partial charge on any atom is 0.269 e. The molecular formula is C20H22FN3O3. The van der Waals surface area contributed by atoms with Gasteiger partial charge in [0.25, 0.3) is 5.69 Å². The molecule has 0 spiro atoms. The zero-order valence-electron chi connectivity index (χ0n) is 14.9. The lowest BCUT2D eigenvalue weighted by Gasteiger charge is -2.24. The molecule has 0 bridgehead atoms. The lowest BCUT2D eigenvalue weighted by atomic mass is 10.1. The van der Waals surface area contributed by atoms with Crippen LogP contribution < -0.4 is 5.32 Å². The average Bonchev–Trinajstić information content (AvgIpc) is 3.12. The average molecular weight is 371 g/mol. The molecule has 0 aromatic heterocycles. The number of hydrogen-bond acceptors (Lipinski definition) is 4. The van der Waals surface area contributed by atoms with Crippen molar-refractivity contribution in [3.05, 3.63) is 75.6 Å². The van der Waals surface area contributed by atoms with Gasteiger partial charge in [0.15, 0.2) is 0 Å². The topological polar surface area (TPSA) is 75.5 Å². The number of non-ortho nitro benzene ring substituents is 1. The Labute approximate surface area is 157 Å². The first-order valence-corrected chi connectivity index (χ1v) is 9.03. The molecule has 1 aliphatic heterocycles. The van der Waals surface area contributed by atoms with Gasteiger partial charge in [0, 0.05) is 30.8 Å². The molecular weight excluding hydrogens is 349 g/mol. The molecule has 1 N–H and O–H groups in total. The summed E-state index contributed by atoms with van der Waals surface area (Å²) in [5, 5.41) is 13.6. The molecule has 1 fully saturated rings. The smallest absolute Gasteiger partial charge is 0.269 e. The Morgan fingerprint density at radius 3 is 2.67 bits per heavy atom. The Balaban J connectivity index is 1.51. The predicted octanol–water partition coefficient (Wildman–Crippen LogP) is 3.06. The van der Waals surface area contributed by atoms with Crippen LogP contribution in [0.3, 0.4) is 0 Å². The SMILES string of the molecule is O=C(NCCc1ccc([N+](=O)[O-])cc1)C1CCCN1Cc1ccccc1F. The molecule has 1 amide bonds. The van der Waals surface area contributed by atoms with E-state index in [4.69, 9.17) is 0 Å². The molecule has 1 saturated heterocycles. The number of hydrogen-bond donors (Lipinski definition) is 1. The van der Waals surface area contributed by atoms with Gasteiger partial charge in [-0.1, -0.05) is 30.3 Å². The molecule has 1 aliphatic rings. The Hall–Kier alpha value is -2.80. The van der Waals surface area contributed by atoms with Crippen molar-refractivity contribution >= 4 is 11.6 Å². The van der Waals surface area contributed by atoms with Crippen molar-refractivity contribution in [3.63, 3.8) is 0 Å². The number of nitro benzene ring substituents is 1. The molecule has 2 aromatic rings. The van der Waals surface area contributed by atoms with Gasteiger partial charge in [-0.2, -0.15) is 0 Å². The zero-order valence-corrected chi connectivity index (χ0v) is 14.9. The number of carbonyl (C=O) groups is 1. The van der Waals surface area contributed by atoms with Crippen LogP contribution in [0, 0.1) is 15.9 Å². The molecule has 6 nitrogen and oxygen atoms in total. The zero-order chi connectivity index (χ0) is 19.2. The summed E-state index contributed by atoms with van der Waals surface area (Å²) in [5.41, 5.74) is 1.58. The van der Waals surface area contributed by atoms with E-state index in [1.807, 2.05) is 4.90 Å². The summed E-state index contributed by atoms with van der Waals surface area (Å²) in [4.78, 5) is 24.8. The quantitative estimate of drug-likeness (QED) is 0.600. The lowest BCUT2D eigenvalue weighted by Crippen LogP contribution is -2.43. The maximum atomic E-state index is 13.9. The van der Waals surface area contributed by atoms with Gasteiger partial charge in [-0.3, -0.25) is 19.8 Å². The highest BCUT2D eigenvalue weighted by Crippen LogP contribution is 2.21. The fourth-order valence-electron chi connectivity index (χ4n) is 3.39. The van der Waals surface area contributed by atoms with Crippen LogP contribution in [0.25, 0.3) is 0 Å². The largest absolute Gasteiger partial charge is 0.354 e. The molecule has 7 heteroatoms. The molecule has 142 valence electrons. The Morgan fingerprint density at radius 2 is 1.96 bits per heavy atom. The van der Waals surface area contributed by atoms with Gasteiger partial charge in [-0.25, -0.2) is 4.39 Å². The van der Waals surface area contributed by atoms with E-state index < -0.39 is 4.92 Å². The van der Waals surface area contributed by atoms with Crippen LogP contribution in [-0.4, -0.2) is 34.9 Å². The summed E-state index contributed by atoms with van der Waals surface area (Å²) in [7, 11) is 0. The van der Waals surface area contributed by atoms with Gasteiger partial charge >= 0.3 is 0 Å². The summed E-state index contributed by atoms with van der Waals surface area (Å²) in [6.45, 7) is 1.66. The highest BCUT2D eigenvalue weighted by molar-refractivity contribution is 5.82. The minimum Gasteiger partial charge on any atom is -0.354 e. The first-order chi connectivity index (χ1) is 13.0. The van der Waals surface area contributed by atoms with Crippen LogP contribution >= 0.6 is 0 Å². The molecule has 1 heterocycles. The molecule has 27 heavy (non-hydrogen) atoms. The number of halogens is 1. The summed E-state index contributed by atoms with van der Waals surface area (Å²) in [6, 6.07) is 12.7. The van der Waals surface area contributed by atoms with E-state index in [9.17, 15) is 19.3 Å². The van der Waals surface area contributed by atoms with Crippen LogP contribution in [0.2, 0.25) is 0 Å². The first kappa shape index (κ1) is 19.0. The third-order valence-corrected chi connectivity index (χ3v) is 4.86. The Morgan fingerprint density at radius 1 is 1.22 bits per heavy atom. The summed E-state index contributed by atoms with van der Waals surface area (Å²) >= 11 is 0. The molecule has 1 atom stereocenters. The second-order valence-electron chi connectivity index (χ2n) is 6.68. The molecule has 0 aliphatic carbocycles. The van der Waals surface area contributed by atoms with Crippen LogP contribution in [-0.2, 0) is 17.8 Å². The van der Waals surface area contributed by atoms with Crippen molar-refractivity contribution in [2.45, 2.75) is 31.8 Å². The summed E-state index contributed by atoms with van der Waals surface area (Å²) < 4.78 is 13.9. The number of carbonyl (C=O) groups excluding carboxylic acids is 1. The van der Waals surface area contributed by atoms with E-state index in [1.54, 1.807) is 30.3 Å². The van der Waals surface area contributed by atoms with Crippen molar-refractivity contribution in [1.82, 2.24) is 10.2 Å². The second-order valence-corrected chi connectivity index (χ2v) is 6.68. The van der Waals surface area contributed by atoms with Gasteiger partial charge < -0.3 is 5.32 Å². The van der Waals surface area contributed by atoms with Crippen LogP contribution in [0.15, 0.2) is 48.5 Å². The monoisotopic (exact) mass is 371 g/mol. The van der Waals surface area contributed by atoms with E-state index in [-0.39, 0.29) is 23.5 Å². The highest BCUT2D eigenvalue weighted by atomic mass is 19.1. The number of benzene rings is 2. The Bertz CT molecular complexity index is 810. The lowest BCUT2D eigenvalue weighted by molar-refractivity contribution is -0.384. The van der Waals surface area contributed by atoms with Crippen molar-refractivity contribution in [3.8, 4) is 0 Å². The highest BCUT2D eigenvalue weighted by Gasteiger charge is 2.30. The van der Waals surface area contributed by atoms with Gasteiger partial charge in [0.05, 0.1) is 11.0 Å². The minimum absolute atomic E-state index is 0.0502. The number of rotatable bonds is 7. The fourth-order valence-corrected chi connectivity index (χ4v) is 3.39. The normalized spacial score (nSPS) is 17.0. The van der Waals surface area contributed by atoms with Crippen molar-refractivity contribution in [1.29, 1.82) is 0 Å². The van der Waals surface area contributed by atoms with E-state index in [2.05, 4.69) is 5.32 Å². The standard InChI is InChI=1S/C20H22FN3O3/c21-18-5-2-1-4-16(18)14-23-13-3-6-19(23)20(25)22-12-11-15-7-9-17(10-8-15)24(26)27/h1-2,4-5,7-10,19H,3,6,11-14H2,(H,22,25). The number of nitrogens with zero attached hydrogens (tertiary/aromatic N) is 2. The van der Waals surface area contributed by atoms with Crippen molar-refractivity contribution < 1.29 is 14.1 Å². The molecule has 0 radical (unpaired) electrons. The minimum atomic E-state index is -0.435. The maximum absolute atomic E-state index is 13.9.